The molecule has 0 aliphatic carbocycles. The SMILES string of the molecule is C[C@H]1CN([C@@H](C)CO)C(=O)CCCn2cc(nn2)CO[C@@H]1CN(C)C(=O)Nc1cccc(C(F)(F)F)c1. The van der Waals surface area contributed by atoms with Crippen molar-refractivity contribution in [3.63, 3.8) is 0 Å². The molecule has 3 atom stereocenters. The molecule has 0 fully saturated rings. The van der Waals surface area contributed by atoms with Crippen LogP contribution in [0.15, 0.2) is 30.5 Å². The lowest BCUT2D eigenvalue weighted by molar-refractivity contribution is -0.137. The third kappa shape index (κ3) is 7.89. The molecule has 1 aromatic heterocycles. The first-order valence-electron chi connectivity index (χ1n) is 12.1. The molecule has 3 rings (SSSR count). The molecule has 0 unspecified atom stereocenters. The molecule has 2 bridgehead atoms. The molecule has 204 valence electrons. The van der Waals surface area contributed by atoms with Gasteiger partial charge in [-0.15, -0.1) is 5.10 Å². The first kappa shape index (κ1) is 28.4. The van der Waals surface area contributed by atoms with Crippen molar-refractivity contribution in [2.75, 3.05) is 32.1 Å². The Morgan fingerprint density at radius 1 is 1.38 bits per heavy atom. The van der Waals surface area contributed by atoms with E-state index in [0.717, 1.165) is 12.1 Å². The molecule has 13 heteroatoms. The van der Waals surface area contributed by atoms with Gasteiger partial charge in [0.05, 0.1) is 37.1 Å². The van der Waals surface area contributed by atoms with E-state index < -0.39 is 29.9 Å². The second kappa shape index (κ2) is 12.4. The highest BCUT2D eigenvalue weighted by molar-refractivity contribution is 5.89. The maximum absolute atomic E-state index is 13.0. The van der Waals surface area contributed by atoms with Crippen molar-refractivity contribution in [1.29, 1.82) is 0 Å². The smallest absolute Gasteiger partial charge is 0.394 e. The largest absolute Gasteiger partial charge is 0.416 e. The Labute approximate surface area is 213 Å². The molecule has 1 aliphatic rings. The zero-order chi connectivity index (χ0) is 27.2. The average molecular weight is 527 g/mol. The summed E-state index contributed by atoms with van der Waals surface area (Å²) in [7, 11) is 1.51. The highest BCUT2D eigenvalue weighted by atomic mass is 19.4. The zero-order valence-electron chi connectivity index (χ0n) is 21.1. The van der Waals surface area contributed by atoms with Crippen molar-refractivity contribution in [1.82, 2.24) is 24.8 Å². The molecule has 0 saturated carbocycles. The summed E-state index contributed by atoms with van der Waals surface area (Å²) in [5, 5.41) is 20.3. The van der Waals surface area contributed by atoms with Crippen LogP contribution < -0.4 is 5.32 Å². The van der Waals surface area contributed by atoms with Gasteiger partial charge >= 0.3 is 12.2 Å². The van der Waals surface area contributed by atoms with E-state index in [9.17, 15) is 27.9 Å². The van der Waals surface area contributed by atoms with Crippen LogP contribution in [0, 0.1) is 5.92 Å². The average Bonchev–Trinajstić information content (AvgIpc) is 3.31. The molecule has 0 saturated heterocycles. The highest BCUT2D eigenvalue weighted by Crippen LogP contribution is 2.30. The number of urea groups is 1. The minimum Gasteiger partial charge on any atom is -0.394 e. The number of aromatic nitrogens is 3. The lowest BCUT2D eigenvalue weighted by atomic mass is 10.0. The Morgan fingerprint density at radius 3 is 2.84 bits per heavy atom. The lowest BCUT2D eigenvalue weighted by Gasteiger charge is -2.35. The summed E-state index contributed by atoms with van der Waals surface area (Å²) in [6.07, 6.45) is -2.50. The fourth-order valence-corrected chi connectivity index (χ4v) is 4.04. The third-order valence-corrected chi connectivity index (χ3v) is 6.29. The Kier molecular flexibility index (Phi) is 9.49. The fraction of sp³-hybridized carbons (Fsp3) is 0.583. The van der Waals surface area contributed by atoms with Crippen LogP contribution in [0.4, 0.5) is 23.7 Å². The van der Waals surface area contributed by atoms with E-state index in [2.05, 4.69) is 15.6 Å². The molecule has 0 spiro atoms. The molecule has 1 aromatic carbocycles. The minimum atomic E-state index is -4.53. The summed E-state index contributed by atoms with van der Waals surface area (Å²) >= 11 is 0. The number of rotatable bonds is 5. The van der Waals surface area contributed by atoms with Crippen LogP contribution in [0.1, 0.15) is 37.9 Å². The van der Waals surface area contributed by atoms with E-state index >= 15 is 0 Å². The van der Waals surface area contributed by atoms with E-state index in [1.54, 1.807) is 22.7 Å². The molecule has 1 aliphatic heterocycles. The fourth-order valence-electron chi connectivity index (χ4n) is 4.04. The summed E-state index contributed by atoms with van der Waals surface area (Å²) in [6, 6.07) is 3.38. The van der Waals surface area contributed by atoms with Gasteiger partial charge in [0, 0.05) is 44.7 Å². The highest BCUT2D eigenvalue weighted by Gasteiger charge is 2.31. The predicted octanol–water partition coefficient (Wildman–Crippen LogP) is 2.99. The van der Waals surface area contributed by atoms with Crippen molar-refractivity contribution >= 4 is 17.6 Å². The van der Waals surface area contributed by atoms with Gasteiger partial charge in [-0.2, -0.15) is 13.2 Å². The van der Waals surface area contributed by atoms with Crippen LogP contribution in [0.2, 0.25) is 0 Å². The van der Waals surface area contributed by atoms with Crippen LogP contribution in [-0.2, 0) is 28.9 Å². The van der Waals surface area contributed by atoms with E-state index in [1.165, 1.54) is 24.1 Å². The van der Waals surface area contributed by atoms with Gasteiger partial charge < -0.3 is 25.0 Å². The normalized spacial score (nSPS) is 20.4. The number of aliphatic hydroxyl groups is 1. The van der Waals surface area contributed by atoms with Gasteiger partial charge in [-0.25, -0.2) is 4.79 Å². The van der Waals surface area contributed by atoms with Crippen molar-refractivity contribution < 1.29 is 32.6 Å². The number of ether oxygens (including phenoxy) is 1. The van der Waals surface area contributed by atoms with Crippen LogP contribution in [0.3, 0.4) is 0 Å². The molecule has 3 amide bonds. The van der Waals surface area contributed by atoms with Gasteiger partial charge in [-0.1, -0.05) is 18.2 Å². The van der Waals surface area contributed by atoms with E-state index in [-0.39, 0.29) is 43.7 Å². The first-order valence-corrected chi connectivity index (χ1v) is 12.1. The number of aryl methyl sites for hydroxylation is 1. The number of carbonyl (C=O) groups excluding carboxylic acids is 2. The Morgan fingerprint density at radius 2 is 2.14 bits per heavy atom. The van der Waals surface area contributed by atoms with Crippen molar-refractivity contribution in [2.24, 2.45) is 5.92 Å². The Balaban J connectivity index is 1.75. The minimum absolute atomic E-state index is 0.0146. The van der Waals surface area contributed by atoms with Crippen molar-refractivity contribution in [3.8, 4) is 0 Å². The number of nitrogens with zero attached hydrogens (tertiary/aromatic N) is 5. The molecular weight excluding hydrogens is 493 g/mol. The zero-order valence-corrected chi connectivity index (χ0v) is 21.1. The number of hydrogen-bond donors (Lipinski definition) is 2. The maximum atomic E-state index is 13.0. The molecule has 2 heterocycles. The monoisotopic (exact) mass is 526 g/mol. The number of nitrogens with one attached hydrogen (secondary N) is 1. The van der Waals surface area contributed by atoms with Gasteiger partial charge in [0.15, 0.2) is 0 Å². The van der Waals surface area contributed by atoms with E-state index in [0.29, 0.717) is 25.2 Å². The van der Waals surface area contributed by atoms with Crippen LogP contribution in [0.5, 0.6) is 0 Å². The second-order valence-corrected chi connectivity index (χ2v) is 9.37. The predicted molar refractivity (Wildman–Crippen MR) is 128 cm³/mol. The number of anilines is 1. The third-order valence-electron chi connectivity index (χ3n) is 6.29. The summed E-state index contributed by atoms with van der Waals surface area (Å²) in [5.74, 6) is -0.361. The van der Waals surface area contributed by atoms with E-state index in [4.69, 9.17) is 4.74 Å². The summed E-state index contributed by atoms with van der Waals surface area (Å²) in [5.41, 5.74) is -0.254. The quantitative estimate of drug-likeness (QED) is 0.620. The number of amides is 3. The number of hydrogen-bond acceptors (Lipinski definition) is 6. The Bertz CT molecular complexity index is 1060. The number of carbonyl (C=O) groups is 2. The number of aliphatic hydroxyl groups excluding tert-OH is 1. The number of alkyl halides is 3. The number of benzene rings is 1. The number of fused-ring (bicyclic) bond motifs is 2. The van der Waals surface area contributed by atoms with Crippen LogP contribution in [0.25, 0.3) is 0 Å². The Hall–Kier alpha value is -3.19. The second-order valence-electron chi connectivity index (χ2n) is 9.37. The summed E-state index contributed by atoms with van der Waals surface area (Å²) < 4.78 is 46.8. The van der Waals surface area contributed by atoms with Gasteiger partial charge in [0.1, 0.15) is 5.69 Å². The van der Waals surface area contributed by atoms with Gasteiger partial charge in [-0.3, -0.25) is 9.48 Å². The number of halogens is 3. The first-order chi connectivity index (χ1) is 17.5. The van der Waals surface area contributed by atoms with E-state index in [1.807, 2.05) is 6.92 Å². The lowest BCUT2D eigenvalue weighted by Crippen LogP contribution is -2.48. The molecule has 37 heavy (non-hydrogen) atoms. The summed E-state index contributed by atoms with van der Waals surface area (Å²) in [6.45, 7) is 4.46. The van der Waals surface area contributed by atoms with Gasteiger partial charge in [-0.05, 0) is 31.5 Å². The maximum Gasteiger partial charge on any atom is 0.416 e. The molecule has 0 radical (unpaired) electrons. The van der Waals surface area contributed by atoms with Crippen LogP contribution >= 0.6 is 0 Å². The molecular formula is C24H33F3N6O4. The van der Waals surface area contributed by atoms with Gasteiger partial charge in [0.2, 0.25) is 5.91 Å². The molecule has 2 aromatic rings. The molecule has 2 N–H and O–H groups in total. The van der Waals surface area contributed by atoms with Crippen molar-refractivity contribution in [3.05, 3.63) is 41.7 Å². The van der Waals surface area contributed by atoms with Gasteiger partial charge in [0.25, 0.3) is 0 Å². The van der Waals surface area contributed by atoms with Crippen LogP contribution in [-0.4, -0.2) is 80.7 Å². The molecule has 10 nitrogen and oxygen atoms in total. The topological polar surface area (TPSA) is 113 Å². The van der Waals surface area contributed by atoms with Crippen molar-refractivity contribution in [2.45, 2.75) is 58.2 Å². The number of likely N-dealkylation sites (N-methyl/N-ethyl adjacent to an activating group) is 1. The summed E-state index contributed by atoms with van der Waals surface area (Å²) in [4.78, 5) is 28.7. The standard InChI is InChI=1S/C24H33F3N6O4/c1-16-11-33(17(2)14-34)22(35)8-5-9-32-12-20(29-30-32)15-37-21(16)13-31(3)23(36)28-19-7-4-6-18(10-19)24(25,26)27/h4,6-7,10,12,16-17,21,34H,5,8-9,11,13-15H2,1-3H3,(H,28,36)/t16-,17-,21+/m0/s1.